The molecule has 0 aliphatic heterocycles. The molecule has 0 fully saturated rings. The number of aromatic nitrogens is 1. The standard InChI is InChI=1S/C22H20ClF3N2O2/c1-13(2)14-3-5-15(6-4-14)19-12-27-21(30-19)10-9-20(29)28-16-7-8-18(23)17(11-16)22(24,25)26/h3-8,11-13H,9-10H2,1-2H3,(H,28,29). The highest BCUT2D eigenvalue weighted by Gasteiger charge is 2.33. The molecular formula is C22H20ClF3N2O2. The molecule has 3 rings (SSSR count). The SMILES string of the molecule is CC(C)c1ccc(-c2cnc(CCC(=O)Nc3ccc(Cl)c(C(F)(F)F)c3)o2)cc1. The molecule has 4 nitrogen and oxygen atoms in total. The van der Waals surface area contributed by atoms with Gasteiger partial charge in [0.05, 0.1) is 16.8 Å². The number of halogens is 4. The monoisotopic (exact) mass is 436 g/mol. The third-order valence-corrected chi connectivity index (χ3v) is 4.87. The van der Waals surface area contributed by atoms with Crippen LogP contribution in [0, 0.1) is 0 Å². The van der Waals surface area contributed by atoms with Crippen molar-refractivity contribution in [3.63, 3.8) is 0 Å². The first-order valence-corrected chi connectivity index (χ1v) is 9.73. The highest BCUT2D eigenvalue weighted by molar-refractivity contribution is 6.31. The van der Waals surface area contributed by atoms with Crippen LogP contribution in [-0.4, -0.2) is 10.9 Å². The summed E-state index contributed by atoms with van der Waals surface area (Å²) in [5.41, 5.74) is 1.12. The predicted molar refractivity (Wildman–Crippen MR) is 109 cm³/mol. The van der Waals surface area contributed by atoms with Gasteiger partial charge >= 0.3 is 6.18 Å². The summed E-state index contributed by atoms with van der Waals surface area (Å²) in [5.74, 6) is 0.940. The molecule has 1 N–H and O–H groups in total. The normalized spacial score (nSPS) is 11.7. The van der Waals surface area contributed by atoms with Gasteiger partial charge in [-0.15, -0.1) is 0 Å². The van der Waals surface area contributed by atoms with Crippen LogP contribution in [0.15, 0.2) is 53.1 Å². The number of anilines is 1. The zero-order valence-electron chi connectivity index (χ0n) is 16.4. The van der Waals surface area contributed by atoms with Gasteiger partial charge in [0.1, 0.15) is 0 Å². The van der Waals surface area contributed by atoms with Crippen LogP contribution in [0.1, 0.15) is 43.2 Å². The van der Waals surface area contributed by atoms with Gasteiger partial charge in [0.2, 0.25) is 5.91 Å². The summed E-state index contributed by atoms with van der Waals surface area (Å²) >= 11 is 5.58. The van der Waals surface area contributed by atoms with Crippen molar-refractivity contribution >= 4 is 23.2 Å². The molecule has 0 spiro atoms. The second-order valence-electron chi connectivity index (χ2n) is 7.14. The summed E-state index contributed by atoms with van der Waals surface area (Å²) in [4.78, 5) is 16.3. The third-order valence-electron chi connectivity index (χ3n) is 4.54. The third kappa shape index (κ3) is 5.42. The van der Waals surface area contributed by atoms with E-state index in [4.69, 9.17) is 16.0 Å². The van der Waals surface area contributed by atoms with Crippen LogP contribution in [0.4, 0.5) is 18.9 Å². The topological polar surface area (TPSA) is 55.1 Å². The van der Waals surface area contributed by atoms with Crippen molar-refractivity contribution in [1.82, 2.24) is 4.98 Å². The molecule has 1 heterocycles. The zero-order valence-corrected chi connectivity index (χ0v) is 17.1. The van der Waals surface area contributed by atoms with E-state index >= 15 is 0 Å². The molecule has 0 saturated carbocycles. The lowest BCUT2D eigenvalue weighted by Crippen LogP contribution is -2.14. The Labute approximate surface area is 177 Å². The minimum Gasteiger partial charge on any atom is -0.441 e. The molecule has 158 valence electrons. The highest BCUT2D eigenvalue weighted by atomic mass is 35.5. The Kier molecular flexibility index (Phi) is 6.51. The van der Waals surface area contributed by atoms with Crippen LogP contribution >= 0.6 is 11.6 Å². The largest absolute Gasteiger partial charge is 0.441 e. The number of oxazole rings is 1. The van der Waals surface area contributed by atoms with E-state index in [1.54, 1.807) is 6.20 Å². The first-order chi connectivity index (χ1) is 14.1. The molecule has 0 unspecified atom stereocenters. The van der Waals surface area contributed by atoms with E-state index in [1.165, 1.54) is 11.6 Å². The van der Waals surface area contributed by atoms with Crippen LogP contribution < -0.4 is 5.32 Å². The average Bonchev–Trinajstić information content (AvgIpc) is 3.16. The number of amides is 1. The molecule has 0 radical (unpaired) electrons. The van der Waals surface area contributed by atoms with E-state index in [9.17, 15) is 18.0 Å². The number of nitrogens with one attached hydrogen (secondary N) is 1. The molecule has 0 bridgehead atoms. The summed E-state index contributed by atoms with van der Waals surface area (Å²) in [6, 6.07) is 11.2. The lowest BCUT2D eigenvalue weighted by molar-refractivity contribution is -0.137. The Balaban J connectivity index is 1.59. The van der Waals surface area contributed by atoms with E-state index in [2.05, 4.69) is 24.1 Å². The van der Waals surface area contributed by atoms with Gasteiger partial charge in [0.25, 0.3) is 0 Å². The van der Waals surface area contributed by atoms with Gasteiger partial charge in [0.15, 0.2) is 11.7 Å². The average molecular weight is 437 g/mol. The van der Waals surface area contributed by atoms with Crippen LogP contribution in [0.2, 0.25) is 5.02 Å². The molecule has 1 aromatic heterocycles. The van der Waals surface area contributed by atoms with Gasteiger partial charge in [-0.25, -0.2) is 4.98 Å². The maximum absolute atomic E-state index is 12.9. The van der Waals surface area contributed by atoms with E-state index in [0.717, 1.165) is 17.7 Å². The number of hydrogen-bond acceptors (Lipinski definition) is 3. The lowest BCUT2D eigenvalue weighted by Gasteiger charge is -2.11. The number of rotatable bonds is 6. The van der Waals surface area contributed by atoms with Crippen molar-refractivity contribution in [2.24, 2.45) is 0 Å². The van der Waals surface area contributed by atoms with Crippen molar-refractivity contribution in [3.8, 4) is 11.3 Å². The minimum absolute atomic E-state index is 0.0101. The molecule has 0 atom stereocenters. The fourth-order valence-electron chi connectivity index (χ4n) is 2.86. The number of carbonyl (C=O) groups excluding carboxylic acids is 1. The zero-order chi connectivity index (χ0) is 21.9. The second-order valence-corrected chi connectivity index (χ2v) is 7.54. The number of aryl methyl sites for hydroxylation is 1. The Bertz CT molecular complexity index is 1030. The summed E-state index contributed by atoms with van der Waals surface area (Å²) in [5, 5.41) is 2.02. The van der Waals surface area contributed by atoms with Gasteiger partial charge < -0.3 is 9.73 Å². The Hall–Kier alpha value is -2.80. The molecule has 8 heteroatoms. The Morgan fingerprint density at radius 3 is 2.50 bits per heavy atom. The maximum atomic E-state index is 12.9. The molecular weight excluding hydrogens is 417 g/mol. The van der Waals surface area contributed by atoms with Gasteiger partial charge in [-0.3, -0.25) is 4.79 Å². The summed E-state index contributed by atoms with van der Waals surface area (Å²) < 4.78 is 44.5. The first-order valence-electron chi connectivity index (χ1n) is 9.35. The van der Waals surface area contributed by atoms with Crippen LogP contribution in [0.5, 0.6) is 0 Å². The van der Waals surface area contributed by atoms with Gasteiger partial charge in [-0.1, -0.05) is 49.7 Å². The van der Waals surface area contributed by atoms with E-state index < -0.39 is 22.7 Å². The van der Waals surface area contributed by atoms with Crippen molar-refractivity contribution in [3.05, 3.63) is 70.7 Å². The summed E-state index contributed by atoms with van der Waals surface area (Å²) in [6.07, 6.45) is -2.78. The maximum Gasteiger partial charge on any atom is 0.417 e. The second kappa shape index (κ2) is 8.92. The predicted octanol–water partition coefficient (Wildman–Crippen LogP) is 6.71. The van der Waals surface area contributed by atoms with Crippen molar-refractivity contribution in [2.45, 2.75) is 38.8 Å². The molecule has 0 aliphatic rings. The summed E-state index contributed by atoms with van der Waals surface area (Å²) in [7, 11) is 0. The molecule has 0 aliphatic carbocycles. The number of carbonyl (C=O) groups is 1. The number of hydrogen-bond donors (Lipinski definition) is 1. The molecule has 1 amide bonds. The van der Waals surface area contributed by atoms with E-state index in [0.29, 0.717) is 17.6 Å². The first kappa shape index (κ1) is 21.9. The highest BCUT2D eigenvalue weighted by Crippen LogP contribution is 2.36. The van der Waals surface area contributed by atoms with Crippen LogP contribution in [0.3, 0.4) is 0 Å². The number of benzene rings is 2. The van der Waals surface area contributed by atoms with Crippen LogP contribution in [-0.2, 0) is 17.4 Å². The Morgan fingerprint density at radius 2 is 1.87 bits per heavy atom. The van der Waals surface area contributed by atoms with Gasteiger partial charge in [0, 0.05) is 24.1 Å². The minimum atomic E-state index is -4.60. The molecule has 2 aromatic carbocycles. The van der Waals surface area contributed by atoms with Crippen molar-refractivity contribution in [2.75, 3.05) is 5.32 Å². The number of nitrogens with zero attached hydrogens (tertiary/aromatic N) is 1. The van der Waals surface area contributed by atoms with Gasteiger partial charge in [-0.05, 0) is 29.7 Å². The van der Waals surface area contributed by atoms with Crippen molar-refractivity contribution in [1.29, 1.82) is 0 Å². The Morgan fingerprint density at radius 1 is 1.17 bits per heavy atom. The van der Waals surface area contributed by atoms with Crippen molar-refractivity contribution < 1.29 is 22.4 Å². The fraction of sp³-hybridized carbons (Fsp3) is 0.273. The van der Waals surface area contributed by atoms with E-state index in [1.807, 2.05) is 24.3 Å². The number of alkyl halides is 3. The van der Waals surface area contributed by atoms with Crippen LogP contribution in [0.25, 0.3) is 11.3 Å². The molecule has 0 saturated heterocycles. The fourth-order valence-corrected chi connectivity index (χ4v) is 3.08. The quantitative estimate of drug-likeness (QED) is 0.467. The molecule has 3 aromatic rings. The summed E-state index contributed by atoms with van der Waals surface area (Å²) in [6.45, 7) is 4.22. The van der Waals surface area contributed by atoms with E-state index in [-0.39, 0.29) is 18.5 Å². The molecule has 30 heavy (non-hydrogen) atoms. The smallest absolute Gasteiger partial charge is 0.417 e. The lowest BCUT2D eigenvalue weighted by atomic mass is 10.0. The van der Waals surface area contributed by atoms with Gasteiger partial charge in [-0.2, -0.15) is 13.2 Å².